The summed E-state index contributed by atoms with van der Waals surface area (Å²) in [5, 5.41) is 4.66. The Hall–Kier alpha value is -1.13. The first kappa shape index (κ1) is 16.7. The number of hydrogen-bond acceptors (Lipinski definition) is 4. The van der Waals surface area contributed by atoms with E-state index in [-0.39, 0.29) is 11.3 Å². The Labute approximate surface area is 137 Å². The number of fused-ring (bicyclic) bond motifs is 3. The maximum atomic E-state index is 13.2. The summed E-state index contributed by atoms with van der Waals surface area (Å²) < 4.78 is 24.3. The van der Waals surface area contributed by atoms with Crippen LogP contribution in [0.5, 0.6) is 0 Å². The Kier molecular flexibility index (Phi) is 4.41. The molecule has 2 N–H and O–H groups in total. The number of para-hydroxylation sites is 1. The normalized spacial score (nSPS) is 20.6. The Balaban J connectivity index is 2.07. The molecule has 1 aliphatic rings. The summed E-state index contributed by atoms with van der Waals surface area (Å²) in [4.78, 5) is 3.51. The van der Waals surface area contributed by atoms with Crippen LogP contribution < -0.4 is 5.32 Å². The second-order valence-electron chi connectivity index (χ2n) is 6.39. The predicted octanol–water partition coefficient (Wildman–Crippen LogP) is 4.14. The van der Waals surface area contributed by atoms with Crippen LogP contribution in [0.4, 0.5) is 0 Å². The zero-order valence-corrected chi connectivity index (χ0v) is 15.1. The summed E-state index contributed by atoms with van der Waals surface area (Å²) in [5.74, 6) is -0.343. The summed E-state index contributed by atoms with van der Waals surface area (Å²) in [6, 6.07) is 8.23. The van der Waals surface area contributed by atoms with Crippen LogP contribution in [0.2, 0.25) is 0 Å². The van der Waals surface area contributed by atoms with Crippen molar-refractivity contribution in [2.75, 3.05) is 13.2 Å². The molecular formula is C17H25N2O3P. The predicted molar refractivity (Wildman–Crippen MR) is 92.8 cm³/mol. The Bertz CT molecular complexity index is 743. The van der Waals surface area contributed by atoms with Gasteiger partial charge < -0.3 is 14.0 Å². The summed E-state index contributed by atoms with van der Waals surface area (Å²) in [5.41, 5.74) is 3.13. The van der Waals surface area contributed by atoms with E-state index in [1.165, 1.54) is 10.9 Å². The van der Waals surface area contributed by atoms with E-state index in [0.29, 0.717) is 19.6 Å². The van der Waals surface area contributed by atoms with Crippen molar-refractivity contribution in [3.05, 3.63) is 35.5 Å². The van der Waals surface area contributed by atoms with Gasteiger partial charge in [0.1, 0.15) is 5.78 Å². The molecule has 0 aliphatic carbocycles. The molecule has 1 aromatic carbocycles. The molecule has 0 saturated carbocycles. The highest BCUT2D eigenvalue weighted by Gasteiger charge is 2.44. The highest BCUT2D eigenvalue weighted by molar-refractivity contribution is 7.54. The third kappa shape index (κ3) is 2.87. The van der Waals surface area contributed by atoms with Crippen LogP contribution in [0.25, 0.3) is 10.9 Å². The van der Waals surface area contributed by atoms with Gasteiger partial charge in [0.05, 0.1) is 18.8 Å². The fourth-order valence-electron chi connectivity index (χ4n) is 3.45. The van der Waals surface area contributed by atoms with E-state index in [0.717, 1.165) is 11.2 Å². The zero-order valence-electron chi connectivity index (χ0n) is 14.2. The van der Waals surface area contributed by atoms with Crippen molar-refractivity contribution in [2.45, 2.75) is 45.4 Å². The van der Waals surface area contributed by atoms with Crippen molar-refractivity contribution >= 4 is 18.5 Å². The van der Waals surface area contributed by atoms with Gasteiger partial charge in [0.25, 0.3) is 0 Å². The van der Waals surface area contributed by atoms with Gasteiger partial charge in [-0.15, -0.1) is 0 Å². The van der Waals surface area contributed by atoms with Gasteiger partial charge in [0.15, 0.2) is 0 Å². The monoisotopic (exact) mass is 336 g/mol. The second-order valence-corrected chi connectivity index (χ2v) is 8.61. The molecule has 3 rings (SSSR count). The smallest absolute Gasteiger partial charge is 0.347 e. The summed E-state index contributed by atoms with van der Waals surface area (Å²) >= 11 is 0. The van der Waals surface area contributed by atoms with Crippen molar-refractivity contribution in [3.8, 4) is 0 Å². The molecule has 1 unspecified atom stereocenters. The zero-order chi connectivity index (χ0) is 16.7. The molecule has 0 spiro atoms. The summed E-state index contributed by atoms with van der Waals surface area (Å²) in [6.07, 6.45) is 0.625. The van der Waals surface area contributed by atoms with E-state index in [1.54, 1.807) is 0 Å². The van der Waals surface area contributed by atoms with Gasteiger partial charge in [-0.3, -0.25) is 9.88 Å². The van der Waals surface area contributed by atoms with Gasteiger partial charge in [0, 0.05) is 23.0 Å². The highest BCUT2D eigenvalue weighted by atomic mass is 31.2. The molecule has 6 heteroatoms. The molecule has 0 saturated heterocycles. The first-order valence-corrected chi connectivity index (χ1v) is 9.79. The topological polar surface area (TPSA) is 63.4 Å². The number of benzene rings is 1. The Morgan fingerprint density at radius 1 is 1.22 bits per heavy atom. The first-order valence-electron chi connectivity index (χ1n) is 8.18. The fourth-order valence-corrected chi connectivity index (χ4v) is 5.49. The largest absolute Gasteiger partial charge is 0.357 e. The van der Waals surface area contributed by atoms with Gasteiger partial charge >= 0.3 is 7.60 Å². The molecular weight excluding hydrogens is 311 g/mol. The molecule has 1 atom stereocenters. The van der Waals surface area contributed by atoms with Gasteiger partial charge in [-0.2, -0.15) is 0 Å². The number of aromatic nitrogens is 1. The number of hydrogen-bond donors (Lipinski definition) is 2. The van der Waals surface area contributed by atoms with E-state index in [9.17, 15) is 4.57 Å². The molecule has 0 amide bonds. The van der Waals surface area contributed by atoms with Crippen LogP contribution in [0.1, 0.15) is 39.0 Å². The minimum absolute atomic E-state index is 0.332. The van der Waals surface area contributed by atoms with E-state index in [1.807, 2.05) is 26.0 Å². The van der Waals surface area contributed by atoms with E-state index >= 15 is 0 Å². The molecule has 126 valence electrons. The molecule has 5 nitrogen and oxygen atoms in total. The van der Waals surface area contributed by atoms with Gasteiger partial charge in [-0.05, 0) is 39.3 Å². The van der Waals surface area contributed by atoms with Crippen molar-refractivity contribution in [3.63, 3.8) is 0 Å². The van der Waals surface area contributed by atoms with Crippen LogP contribution in [-0.2, 0) is 25.6 Å². The molecule has 2 heterocycles. The van der Waals surface area contributed by atoms with Crippen LogP contribution in [-0.4, -0.2) is 24.0 Å². The molecule has 0 radical (unpaired) electrons. The number of nitrogens with one attached hydrogen (secondary N) is 2. The number of H-pyrrole nitrogens is 1. The van der Waals surface area contributed by atoms with E-state index < -0.39 is 7.60 Å². The maximum Gasteiger partial charge on any atom is 0.347 e. The minimum atomic E-state index is -3.21. The number of rotatable bonds is 5. The third-order valence-electron chi connectivity index (χ3n) is 4.36. The van der Waals surface area contributed by atoms with Crippen LogP contribution in [0, 0.1) is 0 Å². The standard InChI is InChI=1S/C17H25N2O3P/c1-5-21-23(20,22-6-2)15-11-13-12-9-7-8-10-14(12)18-16(13)17(3,4)19-15/h7-10,15,18-19H,5-6,11H2,1-4H3. The lowest BCUT2D eigenvalue weighted by Gasteiger charge is -2.39. The minimum Gasteiger partial charge on any atom is -0.357 e. The van der Waals surface area contributed by atoms with E-state index in [2.05, 4.69) is 36.3 Å². The first-order chi connectivity index (χ1) is 10.9. The average Bonchev–Trinajstić information content (AvgIpc) is 2.87. The van der Waals surface area contributed by atoms with Gasteiger partial charge in [-0.25, -0.2) is 0 Å². The lowest BCUT2D eigenvalue weighted by atomic mass is 9.90. The maximum absolute atomic E-state index is 13.2. The second kappa shape index (κ2) is 6.06. The van der Waals surface area contributed by atoms with Crippen LogP contribution >= 0.6 is 7.60 Å². The molecule has 2 aromatic rings. The quantitative estimate of drug-likeness (QED) is 0.806. The van der Waals surface area contributed by atoms with Crippen molar-refractivity contribution < 1.29 is 13.6 Å². The van der Waals surface area contributed by atoms with Gasteiger partial charge in [-0.1, -0.05) is 18.2 Å². The molecule has 0 fully saturated rings. The number of aromatic amines is 1. The summed E-state index contributed by atoms with van der Waals surface area (Å²) in [6.45, 7) is 8.62. The average molecular weight is 336 g/mol. The molecule has 1 aromatic heterocycles. The fraction of sp³-hybridized carbons (Fsp3) is 0.529. The lowest BCUT2D eigenvalue weighted by Crippen LogP contribution is -2.49. The van der Waals surface area contributed by atoms with Crippen LogP contribution in [0.15, 0.2) is 24.3 Å². The van der Waals surface area contributed by atoms with Crippen molar-refractivity contribution in [1.82, 2.24) is 10.3 Å². The summed E-state index contributed by atoms with van der Waals surface area (Å²) in [7, 11) is -3.21. The van der Waals surface area contributed by atoms with Gasteiger partial charge in [0.2, 0.25) is 0 Å². The molecule has 1 aliphatic heterocycles. The SMILES string of the molecule is CCOP(=O)(OCC)C1Cc2c([nH]c3ccccc23)C(C)(C)N1. The van der Waals surface area contributed by atoms with Crippen molar-refractivity contribution in [2.24, 2.45) is 0 Å². The Morgan fingerprint density at radius 3 is 2.52 bits per heavy atom. The third-order valence-corrected chi connectivity index (χ3v) is 6.67. The van der Waals surface area contributed by atoms with Crippen LogP contribution in [0.3, 0.4) is 0 Å². The van der Waals surface area contributed by atoms with E-state index in [4.69, 9.17) is 9.05 Å². The molecule has 0 bridgehead atoms. The Morgan fingerprint density at radius 2 is 1.87 bits per heavy atom. The highest BCUT2D eigenvalue weighted by Crippen LogP contribution is 2.55. The molecule has 23 heavy (non-hydrogen) atoms. The lowest BCUT2D eigenvalue weighted by molar-refractivity contribution is 0.195. The van der Waals surface area contributed by atoms with Crippen molar-refractivity contribution in [1.29, 1.82) is 0 Å².